The van der Waals surface area contributed by atoms with E-state index in [0.717, 1.165) is 35.3 Å². The van der Waals surface area contributed by atoms with Gasteiger partial charge in [0, 0.05) is 0 Å². The molecule has 0 spiro atoms. The Hall–Kier alpha value is -1.92. The summed E-state index contributed by atoms with van der Waals surface area (Å²) in [5.41, 5.74) is 3.61. The summed E-state index contributed by atoms with van der Waals surface area (Å²) in [6.07, 6.45) is 1.85. The number of hydrogen-bond acceptors (Lipinski definition) is 4. The van der Waals surface area contributed by atoms with Gasteiger partial charge in [0.15, 0.2) is 5.17 Å². The number of carbonyl (C=O) groups excluding carboxylic acids is 1. The quantitative estimate of drug-likeness (QED) is 0.240. The molecule has 0 radical (unpaired) electrons. The molecule has 1 heterocycles. The number of nitrogens with zero attached hydrogens (tertiary/aromatic N) is 1. The molecule has 1 amide bonds. The zero-order valence-corrected chi connectivity index (χ0v) is 22.0. The first-order valence-corrected chi connectivity index (χ1v) is 12.6. The van der Waals surface area contributed by atoms with Gasteiger partial charge in [0.1, 0.15) is 18.2 Å². The van der Waals surface area contributed by atoms with Gasteiger partial charge >= 0.3 is 0 Å². The molecule has 1 saturated heterocycles. The Kier molecular flexibility index (Phi) is 7.51. The van der Waals surface area contributed by atoms with Crippen LogP contribution in [0, 0.1) is 19.9 Å². The molecule has 0 bridgehead atoms. The fourth-order valence-corrected chi connectivity index (χ4v) is 5.92. The van der Waals surface area contributed by atoms with E-state index in [0.29, 0.717) is 10.1 Å². The summed E-state index contributed by atoms with van der Waals surface area (Å²) >= 11 is 5.74. The average molecular weight is 670 g/mol. The van der Waals surface area contributed by atoms with Crippen LogP contribution in [0.2, 0.25) is 0 Å². The lowest BCUT2D eigenvalue weighted by Gasteiger charge is -2.12. The molecular formula is C24H17FI2N2O2S. The summed E-state index contributed by atoms with van der Waals surface area (Å²) in [5, 5.41) is 3.38. The Balaban J connectivity index is 1.50. The molecule has 4 nitrogen and oxygen atoms in total. The Labute approximate surface area is 217 Å². The molecule has 0 atom stereocenters. The SMILES string of the molecule is Cc1ccc(N=C2NC(=O)/C(=C\c3cc(I)c(OCc4cccc(F)c4)c(I)c3)S2)cc1. The van der Waals surface area contributed by atoms with Crippen molar-refractivity contribution < 1.29 is 13.9 Å². The number of carbonyl (C=O) groups is 1. The lowest BCUT2D eigenvalue weighted by molar-refractivity contribution is -0.115. The molecule has 4 rings (SSSR count). The highest BCUT2D eigenvalue weighted by molar-refractivity contribution is 14.1. The van der Waals surface area contributed by atoms with Crippen molar-refractivity contribution in [2.75, 3.05) is 0 Å². The monoisotopic (exact) mass is 670 g/mol. The maximum absolute atomic E-state index is 13.4. The summed E-state index contributed by atoms with van der Waals surface area (Å²) in [5.74, 6) is 0.287. The van der Waals surface area contributed by atoms with Crippen LogP contribution >= 0.6 is 56.9 Å². The van der Waals surface area contributed by atoms with Crippen LogP contribution in [0.5, 0.6) is 5.75 Å². The van der Waals surface area contributed by atoms with Gasteiger partial charge in [0.25, 0.3) is 5.91 Å². The van der Waals surface area contributed by atoms with Crippen LogP contribution in [0.25, 0.3) is 6.08 Å². The van der Waals surface area contributed by atoms with Crippen molar-refractivity contribution in [3.63, 3.8) is 0 Å². The Morgan fingerprint density at radius 1 is 1.09 bits per heavy atom. The van der Waals surface area contributed by atoms with Crippen LogP contribution in [0.1, 0.15) is 16.7 Å². The molecule has 3 aromatic carbocycles. The van der Waals surface area contributed by atoms with Crippen LogP contribution in [-0.2, 0) is 11.4 Å². The first-order valence-electron chi connectivity index (χ1n) is 9.60. The number of ether oxygens (including phenoxy) is 1. The smallest absolute Gasteiger partial charge is 0.264 e. The lowest BCUT2D eigenvalue weighted by Crippen LogP contribution is -2.19. The number of halogens is 3. The van der Waals surface area contributed by atoms with Gasteiger partial charge in [-0.05, 0) is 117 Å². The normalized spacial score (nSPS) is 15.9. The fourth-order valence-electron chi connectivity index (χ4n) is 2.95. The van der Waals surface area contributed by atoms with Crippen LogP contribution in [0.3, 0.4) is 0 Å². The highest BCUT2D eigenvalue weighted by Crippen LogP contribution is 2.33. The van der Waals surface area contributed by atoms with Gasteiger partial charge in [0.2, 0.25) is 0 Å². The molecule has 32 heavy (non-hydrogen) atoms. The van der Waals surface area contributed by atoms with Crippen molar-refractivity contribution >= 4 is 79.8 Å². The molecule has 8 heteroatoms. The number of nitrogens with one attached hydrogen (secondary N) is 1. The van der Waals surface area contributed by atoms with Gasteiger partial charge in [-0.3, -0.25) is 4.79 Å². The Bertz CT molecular complexity index is 1220. The third kappa shape index (κ3) is 5.90. The van der Waals surface area contributed by atoms with Crippen molar-refractivity contribution in [3.8, 4) is 5.75 Å². The van der Waals surface area contributed by atoms with Crippen LogP contribution in [-0.4, -0.2) is 11.1 Å². The van der Waals surface area contributed by atoms with Crippen molar-refractivity contribution in [1.82, 2.24) is 5.32 Å². The van der Waals surface area contributed by atoms with E-state index in [9.17, 15) is 9.18 Å². The van der Waals surface area contributed by atoms with E-state index in [2.05, 4.69) is 55.5 Å². The first-order chi connectivity index (χ1) is 15.4. The van der Waals surface area contributed by atoms with Crippen molar-refractivity contribution in [2.24, 2.45) is 4.99 Å². The maximum Gasteiger partial charge on any atom is 0.264 e. The predicted molar refractivity (Wildman–Crippen MR) is 145 cm³/mol. The zero-order valence-electron chi connectivity index (χ0n) is 16.9. The second-order valence-electron chi connectivity index (χ2n) is 7.05. The minimum Gasteiger partial charge on any atom is -0.487 e. The number of rotatable bonds is 5. The van der Waals surface area contributed by atoms with Gasteiger partial charge in [0.05, 0.1) is 17.7 Å². The Morgan fingerprint density at radius 3 is 2.50 bits per heavy atom. The summed E-state index contributed by atoms with van der Waals surface area (Å²) in [4.78, 5) is 17.5. The first kappa shape index (κ1) is 23.2. The zero-order chi connectivity index (χ0) is 22.7. The van der Waals surface area contributed by atoms with Gasteiger partial charge in [-0.1, -0.05) is 29.8 Å². The standard InChI is InChI=1S/C24H17FI2N2O2S/c1-14-5-7-18(8-6-14)28-24-29-23(30)21(32-24)12-16-10-19(26)22(20(27)11-16)31-13-15-3-2-4-17(25)9-15/h2-12H,13H2,1H3,(H,28,29,30)/b21-12+. The number of amidine groups is 1. The number of benzene rings is 3. The van der Waals surface area contributed by atoms with Crippen LogP contribution in [0.4, 0.5) is 10.1 Å². The van der Waals surface area contributed by atoms with Gasteiger partial charge in [-0.25, -0.2) is 9.38 Å². The predicted octanol–water partition coefficient (Wildman–Crippen LogP) is 6.81. The van der Waals surface area contributed by atoms with Crippen molar-refractivity contribution in [3.05, 3.63) is 95.2 Å². The van der Waals surface area contributed by atoms with E-state index in [1.54, 1.807) is 6.07 Å². The topological polar surface area (TPSA) is 50.7 Å². The molecule has 0 aromatic heterocycles. The summed E-state index contributed by atoms with van der Waals surface area (Å²) in [6, 6.07) is 18.1. The summed E-state index contributed by atoms with van der Waals surface area (Å²) in [6.45, 7) is 2.30. The minimum absolute atomic E-state index is 0.169. The van der Waals surface area contributed by atoms with Gasteiger partial charge in [-0.2, -0.15) is 0 Å². The minimum atomic E-state index is -0.282. The molecule has 1 aliphatic heterocycles. The Morgan fingerprint density at radius 2 is 1.81 bits per heavy atom. The van der Waals surface area contributed by atoms with E-state index in [1.807, 2.05) is 55.5 Å². The third-order valence-corrected chi connectivity index (χ3v) is 7.02. The number of aliphatic imine (C=N–C) groups is 1. The van der Waals surface area contributed by atoms with Crippen molar-refractivity contribution in [1.29, 1.82) is 0 Å². The third-order valence-electron chi connectivity index (χ3n) is 4.51. The second-order valence-corrected chi connectivity index (χ2v) is 10.4. The number of amides is 1. The van der Waals surface area contributed by atoms with Crippen molar-refractivity contribution in [2.45, 2.75) is 13.5 Å². The molecule has 0 saturated carbocycles. The maximum atomic E-state index is 13.4. The van der Waals surface area contributed by atoms with E-state index in [1.165, 1.54) is 23.9 Å². The number of thioether (sulfide) groups is 1. The van der Waals surface area contributed by atoms with Gasteiger partial charge in [-0.15, -0.1) is 0 Å². The molecule has 1 aliphatic rings. The van der Waals surface area contributed by atoms with E-state index in [4.69, 9.17) is 4.74 Å². The highest BCUT2D eigenvalue weighted by Gasteiger charge is 2.24. The molecule has 0 unspecified atom stereocenters. The fraction of sp³-hybridized carbons (Fsp3) is 0.0833. The van der Waals surface area contributed by atoms with Gasteiger partial charge < -0.3 is 10.1 Å². The van der Waals surface area contributed by atoms with E-state index < -0.39 is 0 Å². The average Bonchev–Trinajstić information content (AvgIpc) is 3.08. The largest absolute Gasteiger partial charge is 0.487 e. The second kappa shape index (κ2) is 10.3. The summed E-state index contributed by atoms with van der Waals surface area (Å²) < 4.78 is 21.2. The van der Waals surface area contributed by atoms with Crippen LogP contribution in [0.15, 0.2) is 70.6 Å². The molecule has 0 aliphatic carbocycles. The highest BCUT2D eigenvalue weighted by atomic mass is 127. The lowest BCUT2D eigenvalue weighted by atomic mass is 10.2. The summed E-state index contributed by atoms with van der Waals surface area (Å²) in [7, 11) is 0. The molecule has 162 valence electrons. The molecular weight excluding hydrogens is 653 g/mol. The van der Waals surface area contributed by atoms with E-state index in [-0.39, 0.29) is 18.3 Å². The number of aryl methyl sites for hydroxylation is 1. The van der Waals surface area contributed by atoms with Crippen LogP contribution < -0.4 is 10.1 Å². The van der Waals surface area contributed by atoms with E-state index >= 15 is 0 Å². The molecule has 1 N–H and O–H groups in total. The molecule has 1 fully saturated rings. The number of hydrogen-bond donors (Lipinski definition) is 1. The molecule has 3 aromatic rings.